The second-order valence-electron chi connectivity index (χ2n) is 6.84. The summed E-state index contributed by atoms with van der Waals surface area (Å²) in [6.07, 6.45) is 14.4. The summed E-state index contributed by atoms with van der Waals surface area (Å²) in [7, 11) is 0. The molecule has 0 saturated heterocycles. The highest BCUT2D eigenvalue weighted by molar-refractivity contribution is 5.81. The molecule has 0 bridgehead atoms. The Morgan fingerprint density at radius 2 is 1.87 bits per heavy atom. The molecule has 1 aliphatic carbocycles. The van der Waals surface area contributed by atoms with Crippen molar-refractivity contribution in [3.05, 3.63) is 53.9 Å². The first-order valence-electron chi connectivity index (χ1n) is 9.08. The van der Waals surface area contributed by atoms with Crippen molar-refractivity contribution in [2.75, 3.05) is 0 Å². The quantitative estimate of drug-likeness (QED) is 0.580. The van der Waals surface area contributed by atoms with Crippen LogP contribution in [0.5, 0.6) is 0 Å². The molecule has 1 heterocycles. The average molecular weight is 308 g/mol. The Kier molecular flexibility index (Phi) is 5.32. The molecule has 0 aliphatic heterocycles. The molecule has 3 rings (SSSR count). The Hall–Kier alpha value is -1.83. The summed E-state index contributed by atoms with van der Waals surface area (Å²) in [4.78, 5) is 4.62. The fraction of sp³-hybridized carbons (Fsp3) is 0.476. The van der Waals surface area contributed by atoms with Crippen molar-refractivity contribution in [3.8, 4) is 0 Å². The van der Waals surface area contributed by atoms with E-state index in [4.69, 9.17) is 0 Å². The van der Waals surface area contributed by atoms with Gasteiger partial charge in [-0.05, 0) is 48.9 Å². The van der Waals surface area contributed by atoms with Crippen molar-refractivity contribution in [1.29, 1.82) is 0 Å². The van der Waals surface area contributed by atoms with E-state index in [1.54, 1.807) is 0 Å². The van der Waals surface area contributed by atoms with Crippen LogP contribution in [0.4, 0.5) is 5.69 Å². The smallest absolute Gasteiger partial charge is 0.0630 e. The molecule has 1 fully saturated rings. The first-order valence-corrected chi connectivity index (χ1v) is 9.08. The summed E-state index contributed by atoms with van der Waals surface area (Å²) < 4.78 is 2.38. The monoisotopic (exact) mass is 308 g/mol. The molecule has 0 amide bonds. The molecular formula is C21H28N2. The van der Waals surface area contributed by atoms with Crippen LogP contribution < -0.4 is 0 Å². The number of rotatable bonds is 5. The third-order valence-corrected chi connectivity index (χ3v) is 5.17. The number of hydrogen-bond donors (Lipinski definition) is 0. The Labute approximate surface area is 140 Å². The highest BCUT2D eigenvalue weighted by atomic mass is 15.0. The van der Waals surface area contributed by atoms with Gasteiger partial charge in [0.25, 0.3) is 0 Å². The highest BCUT2D eigenvalue weighted by Gasteiger charge is 2.14. The van der Waals surface area contributed by atoms with Crippen LogP contribution in [0.25, 0.3) is 0 Å². The lowest BCUT2D eigenvalue weighted by atomic mass is 9.95. The van der Waals surface area contributed by atoms with Crippen molar-refractivity contribution in [3.63, 3.8) is 0 Å². The van der Waals surface area contributed by atoms with Crippen molar-refractivity contribution in [2.24, 2.45) is 4.99 Å². The maximum atomic E-state index is 4.62. The van der Waals surface area contributed by atoms with Crippen LogP contribution in [-0.4, -0.2) is 10.8 Å². The van der Waals surface area contributed by atoms with Gasteiger partial charge in [0.2, 0.25) is 0 Å². The molecule has 1 aliphatic rings. The van der Waals surface area contributed by atoms with E-state index < -0.39 is 0 Å². The summed E-state index contributed by atoms with van der Waals surface area (Å²) >= 11 is 0. The number of hydrogen-bond acceptors (Lipinski definition) is 1. The predicted molar refractivity (Wildman–Crippen MR) is 99.0 cm³/mol. The summed E-state index contributed by atoms with van der Waals surface area (Å²) in [6, 6.07) is 11.5. The molecule has 0 N–H and O–H groups in total. The zero-order valence-corrected chi connectivity index (χ0v) is 14.4. The Bertz CT molecular complexity index is 630. The third-order valence-electron chi connectivity index (χ3n) is 5.17. The average Bonchev–Trinajstić information content (AvgIpc) is 3.09. The van der Waals surface area contributed by atoms with E-state index in [1.165, 1.54) is 49.7 Å². The zero-order valence-electron chi connectivity index (χ0n) is 14.4. The summed E-state index contributed by atoms with van der Waals surface area (Å²) in [6.45, 7) is 4.50. The van der Waals surface area contributed by atoms with Crippen LogP contribution in [0.2, 0.25) is 0 Å². The summed E-state index contributed by atoms with van der Waals surface area (Å²) in [5.74, 6) is 0.623. The van der Waals surface area contributed by atoms with E-state index >= 15 is 0 Å². The van der Waals surface area contributed by atoms with Crippen LogP contribution in [0.15, 0.2) is 47.7 Å². The van der Waals surface area contributed by atoms with E-state index in [-0.39, 0.29) is 0 Å². The molecule has 1 unspecified atom stereocenters. The van der Waals surface area contributed by atoms with Gasteiger partial charge in [-0.3, -0.25) is 4.99 Å². The van der Waals surface area contributed by atoms with E-state index in [0.29, 0.717) is 12.0 Å². The molecule has 1 aromatic heterocycles. The first-order chi connectivity index (χ1) is 11.3. The molecule has 0 radical (unpaired) electrons. The van der Waals surface area contributed by atoms with Crippen LogP contribution in [0, 0.1) is 0 Å². The molecule has 2 aromatic rings. The number of aromatic nitrogens is 1. The lowest BCUT2D eigenvalue weighted by Gasteiger charge is -2.23. The Morgan fingerprint density at radius 3 is 2.57 bits per heavy atom. The highest BCUT2D eigenvalue weighted by Crippen LogP contribution is 2.28. The van der Waals surface area contributed by atoms with Crippen LogP contribution in [0.1, 0.15) is 75.5 Å². The van der Waals surface area contributed by atoms with Gasteiger partial charge >= 0.3 is 0 Å². The molecule has 1 saturated carbocycles. The first kappa shape index (κ1) is 16.0. The molecule has 2 heteroatoms. The maximum Gasteiger partial charge on any atom is 0.0630 e. The van der Waals surface area contributed by atoms with E-state index in [1.807, 2.05) is 6.21 Å². The fourth-order valence-corrected chi connectivity index (χ4v) is 3.39. The molecule has 122 valence electrons. The second-order valence-corrected chi connectivity index (χ2v) is 6.84. The lowest BCUT2D eigenvalue weighted by Crippen LogP contribution is -2.10. The summed E-state index contributed by atoms with van der Waals surface area (Å²) in [5.41, 5.74) is 3.62. The number of aliphatic imine (C=N–C) groups is 1. The van der Waals surface area contributed by atoms with Gasteiger partial charge in [-0.2, -0.15) is 0 Å². The lowest BCUT2D eigenvalue weighted by molar-refractivity contribution is 0.354. The fourth-order valence-electron chi connectivity index (χ4n) is 3.39. The third kappa shape index (κ3) is 4.13. The largest absolute Gasteiger partial charge is 0.351 e. The van der Waals surface area contributed by atoms with Crippen LogP contribution in [0.3, 0.4) is 0 Å². The minimum atomic E-state index is 0.623. The maximum absolute atomic E-state index is 4.62. The van der Waals surface area contributed by atoms with Crippen molar-refractivity contribution in [1.82, 2.24) is 4.57 Å². The van der Waals surface area contributed by atoms with Gasteiger partial charge in [0, 0.05) is 30.2 Å². The molecule has 1 atom stereocenters. The molecule has 2 nitrogen and oxygen atoms in total. The topological polar surface area (TPSA) is 17.3 Å². The van der Waals surface area contributed by atoms with Crippen LogP contribution >= 0.6 is 0 Å². The van der Waals surface area contributed by atoms with E-state index in [9.17, 15) is 0 Å². The predicted octanol–water partition coefficient (Wildman–Crippen LogP) is 6.26. The van der Waals surface area contributed by atoms with Gasteiger partial charge in [0.1, 0.15) is 0 Å². The van der Waals surface area contributed by atoms with Gasteiger partial charge in [-0.1, -0.05) is 45.2 Å². The molecule has 23 heavy (non-hydrogen) atoms. The van der Waals surface area contributed by atoms with Crippen molar-refractivity contribution >= 4 is 11.9 Å². The van der Waals surface area contributed by atoms with E-state index in [2.05, 4.69) is 66.1 Å². The SMILES string of the molecule is CCC(C)c1ccc(N=Cc2ccn(C3CCCCC3)c2)cc1. The van der Waals surface area contributed by atoms with E-state index in [0.717, 1.165) is 5.69 Å². The Balaban J connectivity index is 1.64. The minimum Gasteiger partial charge on any atom is -0.351 e. The molecular weight excluding hydrogens is 280 g/mol. The Morgan fingerprint density at radius 1 is 1.13 bits per heavy atom. The molecule has 1 aromatic carbocycles. The van der Waals surface area contributed by atoms with Crippen LogP contribution in [-0.2, 0) is 0 Å². The number of benzene rings is 1. The van der Waals surface area contributed by atoms with Gasteiger partial charge < -0.3 is 4.57 Å². The second kappa shape index (κ2) is 7.63. The minimum absolute atomic E-state index is 0.623. The van der Waals surface area contributed by atoms with Crippen molar-refractivity contribution < 1.29 is 0 Å². The molecule has 0 spiro atoms. The van der Waals surface area contributed by atoms with Crippen molar-refractivity contribution in [2.45, 2.75) is 64.3 Å². The standard InChI is InChI=1S/C21H28N2/c1-3-17(2)19-9-11-20(12-10-19)22-15-18-13-14-23(16-18)21-7-5-4-6-8-21/h9-17,21H,3-8H2,1-2H3. The number of nitrogens with zero attached hydrogens (tertiary/aromatic N) is 2. The normalized spacial score (nSPS) is 17.7. The van der Waals surface area contributed by atoms with Gasteiger partial charge in [0.15, 0.2) is 0 Å². The van der Waals surface area contributed by atoms with Gasteiger partial charge in [0.05, 0.1) is 5.69 Å². The van der Waals surface area contributed by atoms with Gasteiger partial charge in [-0.15, -0.1) is 0 Å². The summed E-state index contributed by atoms with van der Waals surface area (Å²) in [5, 5.41) is 0. The van der Waals surface area contributed by atoms with Gasteiger partial charge in [-0.25, -0.2) is 0 Å². The zero-order chi connectivity index (χ0) is 16.1.